The molecule has 0 bridgehead atoms. The molecule has 0 radical (unpaired) electrons. The van der Waals surface area contributed by atoms with Gasteiger partial charge < -0.3 is 24.7 Å². The molecular formula is C21H22Cl2N4O7S2. The molecule has 1 fully saturated rings. The molecule has 194 valence electrons. The molecule has 36 heavy (non-hydrogen) atoms. The molecule has 2 N–H and O–H groups in total. The van der Waals surface area contributed by atoms with Crippen molar-refractivity contribution >= 4 is 70.1 Å². The molecule has 1 aromatic carbocycles. The number of esters is 3. The Labute approximate surface area is 225 Å². The molecule has 0 spiro atoms. The van der Waals surface area contributed by atoms with Gasteiger partial charge >= 0.3 is 17.9 Å². The van der Waals surface area contributed by atoms with Crippen LogP contribution < -0.4 is 5.73 Å². The van der Waals surface area contributed by atoms with Gasteiger partial charge in [-0.05, 0) is 18.2 Å². The Morgan fingerprint density at radius 1 is 1.11 bits per heavy atom. The number of thioether (sulfide) groups is 1. The van der Waals surface area contributed by atoms with Gasteiger partial charge in [-0.25, -0.2) is 4.68 Å². The number of aromatic nitrogens is 3. The van der Waals surface area contributed by atoms with E-state index in [1.807, 2.05) is 0 Å². The summed E-state index contributed by atoms with van der Waals surface area (Å²) in [4.78, 5) is 36.4. The van der Waals surface area contributed by atoms with Crippen LogP contribution in [0.3, 0.4) is 0 Å². The lowest BCUT2D eigenvalue weighted by Crippen LogP contribution is -2.57. The number of hydrogen-bond donors (Lipinski definition) is 1. The van der Waals surface area contributed by atoms with E-state index in [1.54, 1.807) is 18.2 Å². The van der Waals surface area contributed by atoms with Gasteiger partial charge in [0.1, 0.15) is 34.9 Å². The molecule has 1 aliphatic heterocycles. The molecule has 2 aromatic rings. The molecule has 2 heterocycles. The van der Waals surface area contributed by atoms with Crippen LogP contribution in [-0.4, -0.2) is 68.2 Å². The van der Waals surface area contributed by atoms with Crippen LogP contribution in [0.1, 0.15) is 32.5 Å². The molecule has 5 atom stereocenters. The van der Waals surface area contributed by atoms with Gasteiger partial charge in [0.2, 0.25) is 0 Å². The molecule has 11 nitrogen and oxygen atoms in total. The Bertz CT molecular complexity index is 1170. The number of ether oxygens (including phenoxy) is 4. The topological polar surface area (TPSA) is 145 Å². The summed E-state index contributed by atoms with van der Waals surface area (Å²) in [5.41, 5.74) is 5.00. The highest BCUT2D eigenvalue weighted by Crippen LogP contribution is 2.42. The van der Waals surface area contributed by atoms with Crippen LogP contribution in [-0.2, 0) is 33.3 Å². The largest absolute Gasteiger partial charge is 0.463 e. The predicted molar refractivity (Wildman–Crippen MR) is 134 cm³/mol. The van der Waals surface area contributed by atoms with Gasteiger partial charge in [-0.15, -0.1) is 5.10 Å². The second kappa shape index (κ2) is 12.2. The van der Waals surface area contributed by atoms with Crippen molar-refractivity contribution in [1.29, 1.82) is 0 Å². The fraction of sp³-hybridized carbons (Fsp3) is 0.429. The Morgan fingerprint density at radius 3 is 2.33 bits per heavy atom. The maximum Gasteiger partial charge on any atom is 0.303 e. The zero-order valence-electron chi connectivity index (χ0n) is 19.3. The van der Waals surface area contributed by atoms with E-state index in [0.29, 0.717) is 14.9 Å². The van der Waals surface area contributed by atoms with Crippen molar-refractivity contribution in [2.75, 3.05) is 6.61 Å². The molecule has 3 rings (SSSR count). The standard InChI is InChI=1S/C21H22Cl2N4O7S2/c1-9(28)31-8-16-18(32-10(2)29)17(27-7-15(20(24)35)25-26-27)19(33-11(3)30)21(34-16)36-12-4-5-13(22)14(23)6-12/h4-7,16-19,21H,8H2,1-3H3,(H2,24,35)/t16?,17?,18-,19?,21+/m0/s1. The summed E-state index contributed by atoms with van der Waals surface area (Å²) >= 11 is 18.4. The lowest BCUT2D eigenvalue weighted by atomic mass is 9.96. The van der Waals surface area contributed by atoms with E-state index in [9.17, 15) is 14.4 Å². The second-order valence-corrected chi connectivity index (χ2v) is 10.1. The van der Waals surface area contributed by atoms with Crippen LogP contribution in [0.4, 0.5) is 0 Å². The van der Waals surface area contributed by atoms with Crippen LogP contribution in [0, 0.1) is 0 Å². The quantitative estimate of drug-likeness (QED) is 0.280. The van der Waals surface area contributed by atoms with Gasteiger partial charge in [-0.2, -0.15) is 0 Å². The van der Waals surface area contributed by atoms with Gasteiger partial charge in [-0.1, -0.05) is 52.4 Å². The van der Waals surface area contributed by atoms with Crippen molar-refractivity contribution < 1.29 is 33.3 Å². The molecule has 15 heteroatoms. The average Bonchev–Trinajstić information content (AvgIpc) is 3.26. The highest BCUT2D eigenvalue weighted by Gasteiger charge is 2.52. The third kappa shape index (κ3) is 7.07. The van der Waals surface area contributed by atoms with E-state index < -0.39 is 47.7 Å². The fourth-order valence-corrected chi connectivity index (χ4v) is 5.10. The number of carbonyl (C=O) groups is 3. The Balaban J connectivity index is 2.10. The Morgan fingerprint density at radius 2 is 1.78 bits per heavy atom. The first-order chi connectivity index (χ1) is 17.0. The minimum Gasteiger partial charge on any atom is -0.463 e. The average molecular weight is 577 g/mol. The molecule has 1 aromatic heterocycles. The summed E-state index contributed by atoms with van der Waals surface area (Å²) in [6.45, 7) is 3.41. The monoisotopic (exact) mass is 576 g/mol. The van der Waals surface area contributed by atoms with Crippen molar-refractivity contribution in [3.8, 4) is 0 Å². The summed E-state index contributed by atoms with van der Waals surface area (Å²) in [5.74, 6) is -1.83. The van der Waals surface area contributed by atoms with Crippen molar-refractivity contribution in [1.82, 2.24) is 15.0 Å². The highest BCUT2D eigenvalue weighted by molar-refractivity contribution is 7.99. The van der Waals surface area contributed by atoms with Crippen molar-refractivity contribution in [2.24, 2.45) is 5.73 Å². The number of nitrogens with zero attached hydrogens (tertiary/aromatic N) is 3. The van der Waals surface area contributed by atoms with Crippen molar-refractivity contribution in [3.05, 3.63) is 40.1 Å². The number of benzene rings is 1. The smallest absolute Gasteiger partial charge is 0.303 e. The first-order valence-corrected chi connectivity index (χ1v) is 12.5. The molecule has 1 aliphatic rings. The number of thiocarbonyl (C=S) groups is 1. The molecule has 3 unspecified atom stereocenters. The third-order valence-electron chi connectivity index (χ3n) is 4.88. The van der Waals surface area contributed by atoms with Crippen LogP contribution >= 0.6 is 47.2 Å². The molecule has 0 saturated carbocycles. The summed E-state index contributed by atoms with van der Waals surface area (Å²) < 4.78 is 23.9. The number of hydrogen-bond acceptors (Lipinski definition) is 11. The summed E-state index contributed by atoms with van der Waals surface area (Å²) in [6.07, 6.45) is -1.68. The lowest BCUT2D eigenvalue weighted by molar-refractivity contribution is -0.212. The second-order valence-electron chi connectivity index (χ2n) is 7.63. The Hall–Kier alpha value is -2.45. The van der Waals surface area contributed by atoms with E-state index in [-0.39, 0.29) is 17.3 Å². The van der Waals surface area contributed by atoms with Crippen LogP contribution in [0.25, 0.3) is 0 Å². The summed E-state index contributed by atoms with van der Waals surface area (Å²) in [7, 11) is 0. The molecular weight excluding hydrogens is 555 g/mol. The number of nitrogens with two attached hydrogens (primary N) is 1. The highest BCUT2D eigenvalue weighted by atomic mass is 35.5. The van der Waals surface area contributed by atoms with E-state index in [2.05, 4.69) is 10.3 Å². The first kappa shape index (κ1) is 28.1. The SMILES string of the molecule is CC(=O)OCC1O[C@H](Sc2ccc(Cl)c(Cl)c2)C(OC(C)=O)C(n2cc(C(N)=S)nn2)[C@H]1OC(C)=O. The maximum absolute atomic E-state index is 12.1. The van der Waals surface area contributed by atoms with Gasteiger partial charge in [0.05, 0.1) is 16.2 Å². The van der Waals surface area contributed by atoms with E-state index in [0.717, 1.165) is 0 Å². The minimum atomic E-state index is -1.10. The zero-order valence-corrected chi connectivity index (χ0v) is 22.4. The molecule has 0 aliphatic carbocycles. The number of rotatable bonds is 8. The molecule has 1 saturated heterocycles. The Kier molecular flexibility index (Phi) is 9.53. The first-order valence-electron chi connectivity index (χ1n) is 10.4. The van der Waals surface area contributed by atoms with Crippen LogP contribution in [0.5, 0.6) is 0 Å². The maximum atomic E-state index is 12.1. The third-order valence-corrected chi connectivity index (χ3v) is 6.97. The summed E-state index contributed by atoms with van der Waals surface area (Å²) in [6, 6.07) is 3.99. The lowest BCUT2D eigenvalue weighted by Gasteiger charge is -2.44. The van der Waals surface area contributed by atoms with Crippen LogP contribution in [0.15, 0.2) is 29.3 Å². The fourth-order valence-electron chi connectivity index (χ4n) is 3.50. The number of halogens is 2. The van der Waals surface area contributed by atoms with E-state index >= 15 is 0 Å². The van der Waals surface area contributed by atoms with E-state index in [1.165, 1.54) is 43.4 Å². The van der Waals surface area contributed by atoms with Gasteiger partial charge in [0.15, 0.2) is 12.2 Å². The minimum absolute atomic E-state index is 0.0143. The normalized spacial score (nSPS) is 23.5. The van der Waals surface area contributed by atoms with Crippen molar-refractivity contribution in [3.63, 3.8) is 0 Å². The van der Waals surface area contributed by atoms with Crippen molar-refractivity contribution in [2.45, 2.75) is 55.5 Å². The van der Waals surface area contributed by atoms with Crippen LogP contribution in [0.2, 0.25) is 10.0 Å². The zero-order chi connectivity index (χ0) is 26.6. The van der Waals surface area contributed by atoms with Gasteiger partial charge in [0, 0.05) is 25.7 Å². The van der Waals surface area contributed by atoms with E-state index in [4.69, 9.17) is 60.1 Å². The van der Waals surface area contributed by atoms with Gasteiger partial charge in [0.25, 0.3) is 0 Å². The number of carbonyl (C=O) groups excluding carboxylic acids is 3. The predicted octanol–water partition coefficient (Wildman–Crippen LogP) is 2.70. The summed E-state index contributed by atoms with van der Waals surface area (Å²) in [5, 5.41) is 8.69. The molecule has 0 amide bonds. The van der Waals surface area contributed by atoms with Gasteiger partial charge in [-0.3, -0.25) is 14.4 Å².